The Hall–Kier alpha value is -3.23. The van der Waals surface area contributed by atoms with Crippen molar-refractivity contribution in [2.75, 3.05) is 46.4 Å². The number of rotatable bonds is 6. The van der Waals surface area contributed by atoms with E-state index in [9.17, 15) is 24.6 Å². The van der Waals surface area contributed by atoms with E-state index in [4.69, 9.17) is 4.74 Å². The van der Waals surface area contributed by atoms with E-state index in [1.807, 2.05) is 0 Å². The standard InChI is InChI=1S/C24H26N2O6/c1-25-8-10-26(11-9-25)7-2-3-12-32-24(31)15-13-17-21(19(28)14-15)23(30)20-16(22(17)29)5-4-6-18(20)27/h4-6,13-14,27-28H,2-3,7-12H2,1H3. The van der Waals surface area contributed by atoms with Gasteiger partial charge in [-0.2, -0.15) is 0 Å². The summed E-state index contributed by atoms with van der Waals surface area (Å²) in [5.74, 6) is -2.68. The third-order valence-electron chi connectivity index (χ3n) is 6.04. The summed E-state index contributed by atoms with van der Waals surface area (Å²) in [7, 11) is 2.11. The first-order valence-electron chi connectivity index (χ1n) is 10.7. The second-order valence-corrected chi connectivity index (χ2v) is 8.26. The molecule has 0 radical (unpaired) electrons. The van der Waals surface area contributed by atoms with Crippen LogP contribution < -0.4 is 0 Å². The summed E-state index contributed by atoms with van der Waals surface area (Å²) in [6, 6.07) is 6.60. The van der Waals surface area contributed by atoms with E-state index in [1.165, 1.54) is 24.3 Å². The van der Waals surface area contributed by atoms with E-state index in [2.05, 4.69) is 16.8 Å². The van der Waals surface area contributed by atoms with Crippen molar-refractivity contribution in [2.24, 2.45) is 0 Å². The lowest BCUT2D eigenvalue weighted by atomic mass is 9.82. The number of carbonyl (C=O) groups is 3. The van der Waals surface area contributed by atoms with Crippen molar-refractivity contribution in [3.63, 3.8) is 0 Å². The lowest BCUT2D eigenvalue weighted by Gasteiger charge is -2.32. The average Bonchev–Trinajstić information content (AvgIpc) is 2.77. The molecule has 1 fully saturated rings. The van der Waals surface area contributed by atoms with Gasteiger partial charge in [0.05, 0.1) is 23.3 Å². The number of carbonyl (C=O) groups excluding carboxylic acids is 3. The van der Waals surface area contributed by atoms with Gasteiger partial charge in [-0.1, -0.05) is 12.1 Å². The van der Waals surface area contributed by atoms with Crippen molar-refractivity contribution in [1.82, 2.24) is 9.80 Å². The van der Waals surface area contributed by atoms with Crippen molar-refractivity contribution in [2.45, 2.75) is 12.8 Å². The van der Waals surface area contributed by atoms with Crippen LogP contribution in [-0.2, 0) is 4.74 Å². The smallest absolute Gasteiger partial charge is 0.338 e. The molecule has 0 aromatic heterocycles. The summed E-state index contributed by atoms with van der Waals surface area (Å²) >= 11 is 0. The molecule has 0 saturated carbocycles. The van der Waals surface area contributed by atoms with Gasteiger partial charge in [-0.25, -0.2) is 4.79 Å². The highest BCUT2D eigenvalue weighted by Gasteiger charge is 2.35. The Balaban J connectivity index is 1.39. The monoisotopic (exact) mass is 438 g/mol. The van der Waals surface area contributed by atoms with Crippen LogP contribution in [0.5, 0.6) is 11.5 Å². The molecular formula is C24H26N2O6. The molecule has 0 bridgehead atoms. The molecule has 2 N–H and O–H groups in total. The lowest BCUT2D eigenvalue weighted by Crippen LogP contribution is -2.44. The van der Waals surface area contributed by atoms with Gasteiger partial charge < -0.3 is 24.7 Å². The number of piperazine rings is 1. The summed E-state index contributed by atoms with van der Waals surface area (Å²) in [6.45, 7) is 5.38. The molecule has 0 spiro atoms. The Morgan fingerprint density at radius 2 is 1.66 bits per heavy atom. The summed E-state index contributed by atoms with van der Waals surface area (Å²) < 4.78 is 5.32. The Morgan fingerprint density at radius 1 is 0.938 bits per heavy atom. The number of likely N-dealkylation sites (N-methyl/N-ethyl adjacent to an activating group) is 1. The second-order valence-electron chi connectivity index (χ2n) is 8.26. The number of nitrogens with zero attached hydrogens (tertiary/aromatic N) is 2. The zero-order valence-electron chi connectivity index (χ0n) is 18.0. The molecule has 32 heavy (non-hydrogen) atoms. The number of phenolic OH excluding ortho intramolecular Hbond substituents is 2. The fraction of sp³-hybridized carbons (Fsp3) is 0.375. The molecule has 0 atom stereocenters. The van der Waals surface area contributed by atoms with Gasteiger partial charge in [-0.3, -0.25) is 9.59 Å². The SMILES string of the molecule is CN1CCN(CCCCOC(=O)c2cc(O)c3c(c2)C(=O)c2cccc(O)c2C3=O)CC1. The van der Waals surface area contributed by atoms with E-state index in [1.54, 1.807) is 0 Å². The molecule has 0 amide bonds. The number of fused-ring (bicyclic) bond motifs is 2. The van der Waals surface area contributed by atoms with Crippen molar-refractivity contribution >= 4 is 17.5 Å². The molecular weight excluding hydrogens is 412 g/mol. The Kier molecular flexibility index (Phi) is 6.25. The third kappa shape index (κ3) is 4.24. The second kappa shape index (κ2) is 9.10. The molecule has 2 aliphatic rings. The van der Waals surface area contributed by atoms with Gasteiger partial charge in [0.2, 0.25) is 5.78 Å². The number of esters is 1. The first-order valence-corrected chi connectivity index (χ1v) is 10.7. The quantitative estimate of drug-likeness (QED) is 0.445. The zero-order valence-corrected chi connectivity index (χ0v) is 18.0. The van der Waals surface area contributed by atoms with Crippen LogP contribution in [0.4, 0.5) is 0 Å². The van der Waals surface area contributed by atoms with Crippen LogP contribution in [0.1, 0.15) is 55.0 Å². The summed E-state index contributed by atoms with van der Waals surface area (Å²) in [5, 5.41) is 20.4. The fourth-order valence-corrected chi connectivity index (χ4v) is 4.16. The number of aromatic hydroxyl groups is 2. The molecule has 2 aromatic rings. The minimum Gasteiger partial charge on any atom is -0.507 e. The molecule has 8 nitrogen and oxygen atoms in total. The minimum atomic E-state index is -0.662. The summed E-state index contributed by atoms with van der Waals surface area (Å²) in [5.41, 5.74) is -0.389. The van der Waals surface area contributed by atoms with Gasteiger partial charge >= 0.3 is 5.97 Å². The molecule has 2 aromatic carbocycles. The summed E-state index contributed by atoms with van der Waals surface area (Å²) in [6.07, 6.45) is 1.61. The number of ether oxygens (including phenoxy) is 1. The number of ketones is 2. The van der Waals surface area contributed by atoms with Gasteiger partial charge in [0.15, 0.2) is 5.78 Å². The average molecular weight is 438 g/mol. The maximum Gasteiger partial charge on any atom is 0.338 e. The van der Waals surface area contributed by atoms with E-state index in [-0.39, 0.29) is 40.2 Å². The Morgan fingerprint density at radius 3 is 2.41 bits per heavy atom. The molecule has 1 aliphatic carbocycles. The van der Waals surface area contributed by atoms with Gasteiger partial charge in [0.1, 0.15) is 11.5 Å². The predicted octanol–water partition coefficient (Wildman–Crippen LogP) is 2.06. The lowest BCUT2D eigenvalue weighted by molar-refractivity contribution is 0.0492. The van der Waals surface area contributed by atoms with E-state index >= 15 is 0 Å². The zero-order chi connectivity index (χ0) is 22.8. The van der Waals surface area contributed by atoms with E-state index in [0.717, 1.165) is 45.2 Å². The highest BCUT2D eigenvalue weighted by molar-refractivity contribution is 6.30. The molecule has 0 unspecified atom stereocenters. The number of hydrogen-bond acceptors (Lipinski definition) is 8. The third-order valence-corrected chi connectivity index (χ3v) is 6.04. The maximum atomic E-state index is 12.9. The van der Waals surface area contributed by atoms with Crippen molar-refractivity contribution in [1.29, 1.82) is 0 Å². The van der Waals surface area contributed by atoms with Crippen molar-refractivity contribution < 1.29 is 29.3 Å². The first kappa shape index (κ1) is 22.0. The number of hydrogen-bond donors (Lipinski definition) is 2. The van der Waals surface area contributed by atoms with E-state index < -0.39 is 23.3 Å². The predicted molar refractivity (Wildman–Crippen MR) is 117 cm³/mol. The van der Waals surface area contributed by atoms with E-state index in [0.29, 0.717) is 6.42 Å². The van der Waals surface area contributed by atoms with Crippen LogP contribution >= 0.6 is 0 Å². The molecule has 8 heteroatoms. The normalized spacial score (nSPS) is 16.5. The van der Waals surface area contributed by atoms with Crippen molar-refractivity contribution in [3.8, 4) is 11.5 Å². The van der Waals surface area contributed by atoms with Crippen LogP contribution in [-0.4, -0.2) is 83.9 Å². The number of benzene rings is 2. The molecule has 1 aliphatic heterocycles. The topological polar surface area (TPSA) is 107 Å². The van der Waals surface area contributed by atoms with Gasteiger partial charge in [0, 0.05) is 37.3 Å². The number of phenols is 2. The van der Waals surface area contributed by atoms with Crippen LogP contribution in [0.25, 0.3) is 0 Å². The van der Waals surface area contributed by atoms with Gasteiger partial charge in [0.25, 0.3) is 0 Å². The number of unbranched alkanes of at least 4 members (excludes halogenated alkanes) is 1. The van der Waals surface area contributed by atoms with Crippen LogP contribution in [0, 0.1) is 0 Å². The summed E-state index contributed by atoms with van der Waals surface area (Å²) in [4.78, 5) is 42.8. The minimum absolute atomic E-state index is 0.00470. The van der Waals surface area contributed by atoms with Crippen LogP contribution in [0.3, 0.4) is 0 Å². The van der Waals surface area contributed by atoms with Crippen LogP contribution in [0.15, 0.2) is 30.3 Å². The van der Waals surface area contributed by atoms with Gasteiger partial charge in [-0.05, 0) is 44.6 Å². The highest BCUT2D eigenvalue weighted by Crippen LogP contribution is 2.37. The molecule has 1 heterocycles. The Bertz CT molecular complexity index is 1070. The fourth-order valence-electron chi connectivity index (χ4n) is 4.16. The van der Waals surface area contributed by atoms with Gasteiger partial charge in [-0.15, -0.1) is 0 Å². The van der Waals surface area contributed by atoms with Crippen LogP contribution in [0.2, 0.25) is 0 Å². The molecule has 4 rings (SSSR count). The van der Waals surface area contributed by atoms with Crippen molar-refractivity contribution in [3.05, 3.63) is 58.1 Å². The molecule has 168 valence electrons. The molecule has 1 saturated heterocycles. The highest BCUT2D eigenvalue weighted by atomic mass is 16.5. The first-order chi connectivity index (χ1) is 15.4. The largest absolute Gasteiger partial charge is 0.507 e. The Labute approximate surface area is 186 Å². The maximum absolute atomic E-state index is 12.9.